The number of rotatable bonds is 8. The SMILES string of the molecule is Cc1cccc2c1OP(=O)(OP(=O)(O)OC[C@H]1O[C@@H](n3ccc(=O)n(Cc4noc5ccccc45)c3=O)[C@@H](O)C1O)OC2. The van der Waals surface area contributed by atoms with E-state index in [-0.39, 0.29) is 18.9 Å². The molecule has 4 aromatic rings. The lowest BCUT2D eigenvalue weighted by Crippen LogP contribution is -2.43. The summed E-state index contributed by atoms with van der Waals surface area (Å²) in [6, 6.07) is 13.0. The summed E-state index contributed by atoms with van der Waals surface area (Å²) in [7, 11) is -9.72. The summed E-state index contributed by atoms with van der Waals surface area (Å²) < 4.78 is 58.1. The Morgan fingerprint density at radius 1 is 1.12 bits per heavy atom. The van der Waals surface area contributed by atoms with Crippen molar-refractivity contribution in [3.05, 3.63) is 92.4 Å². The second-order valence-electron chi connectivity index (χ2n) is 9.82. The van der Waals surface area contributed by atoms with Crippen molar-refractivity contribution in [2.24, 2.45) is 0 Å². The van der Waals surface area contributed by atoms with E-state index in [9.17, 15) is 33.8 Å². The van der Waals surface area contributed by atoms with Crippen molar-refractivity contribution in [3.8, 4) is 5.75 Å². The third-order valence-electron chi connectivity index (χ3n) is 6.95. The lowest BCUT2D eigenvalue weighted by atomic mass is 10.1. The van der Waals surface area contributed by atoms with Crippen molar-refractivity contribution >= 4 is 26.6 Å². The second-order valence-corrected chi connectivity index (χ2v) is 13.0. The molecule has 2 aliphatic rings. The van der Waals surface area contributed by atoms with Crippen LogP contribution in [0.15, 0.2) is 68.8 Å². The maximum Gasteiger partial charge on any atom is 0.539 e. The number of aryl methyl sites for hydroxylation is 1. The summed E-state index contributed by atoms with van der Waals surface area (Å²) in [5, 5.41) is 25.7. The number of phosphoric acid groups is 2. The normalized spacial score (nSPS) is 26.6. The number of hydrogen-bond acceptors (Lipinski definition) is 13. The first-order valence-electron chi connectivity index (χ1n) is 12.8. The molecule has 3 N–H and O–H groups in total. The fraction of sp³-hybridized carbons (Fsp3) is 0.320. The molecule has 0 aliphatic carbocycles. The van der Waals surface area contributed by atoms with Crippen molar-refractivity contribution in [2.45, 2.75) is 44.6 Å². The lowest BCUT2D eigenvalue weighted by molar-refractivity contribution is -0.0548. The molecule has 0 bridgehead atoms. The number of aliphatic hydroxyl groups excluding tert-OH is 2. The average Bonchev–Trinajstić information content (AvgIpc) is 3.50. The minimum atomic E-state index is -5.14. The standard InChI is InChI=1S/C25H25N3O13P2/c1-14-5-4-6-15-12-37-43(35,40-23(14)15)41-42(33,34)36-13-19-21(30)22(31)24(38-19)27-10-9-20(29)28(25(27)32)11-17-16-7-2-3-8-18(16)39-26-17/h2-10,19,21-22,24,30-31H,11-13H2,1H3,(H,33,34)/t19-,21?,22+,24-,43?/m1/s1. The van der Waals surface area contributed by atoms with Gasteiger partial charge in [0.1, 0.15) is 29.8 Å². The summed E-state index contributed by atoms with van der Waals surface area (Å²) in [6.07, 6.45) is -5.31. The molecule has 2 aromatic heterocycles. The second kappa shape index (κ2) is 11.2. The van der Waals surface area contributed by atoms with Crippen LogP contribution in [0.5, 0.6) is 5.75 Å². The molecule has 6 rings (SSSR count). The molecule has 3 unspecified atom stereocenters. The van der Waals surface area contributed by atoms with Gasteiger partial charge >= 0.3 is 21.3 Å². The molecule has 0 saturated carbocycles. The summed E-state index contributed by atoms with van der Waals surface area (Å²) in [4.78, 5) is 36.1. The van der Waals surface area contributed by atoms with E-state index in [1.807, 2.05) is 0 Å². The van der Waals surface area contributed by atoms with Gasteiger partial charge < -0.3 is 28.9 Å². The van der Waals surface area contributed by atoms with E-state index in [2.05, 4.69) is 5.16 Å². The Morgan fingerprint density at radius 3 is 2.72 bits per heavy atom. The molecular formula is C25H25N3O13P2. The summed E-state index contributed by atoms with van der Waals surface area (Å²) in [5.41, 5.74) is 0.361. The number of para-hydroxylation sites is 2. The van der Waals surface area contributed by atoms with E-state index in [4.69, 9.17) is 27.1 Å². The predicted molar refractivity (Wildman–Crippen MR) is 145 cm³/mol. The highest BCUT2D eigenvalue weighted by atomic mass is 31.3. The minimum absolute atomic E-state index is 0.182. The number of hydrogen-bond donors (Lipinski definition) is 3. The van der Waals surface area contributed by atoms with Gasteiger partial charge in [-0.15, -0.1) is 0 Å². The average molecular weight is 637 g/mol. The lowest BCUT2D eigenvalue weighted by Gasteiger charge is -2.27. The third-order valence-corrected chi connectivity index (χ3v) is 9.90. The highest BCUT2D eigenvalue weighted by Crippen LogP contribution is 2.65. The summed E-state index contributed by atoms with van der Waals surface area (Å²) >= 11 is 0. The predicted octanol–water partition coefficient (Wildman–Crippen LogP) is 1.98. The first kappa shape index (κ1) is 29.6. The smallest absolute Gasteiger partial charge is 0.403 e. The van der Waals surface area contributed by atoms with Crippen LogP contribution in [0.2, 0.25) is 0 Å². The Balaban J connectivity index is 1.15. The molecule has 1 fully saturated rings. The molecule has 228 valence electrons. The molecule has 0 radical (unpaired) electrons. The Morgan fingerprint density at radius 2 is 1.91 bits per heavy atom. The van der Waals surface area contributed by atoms with E-state index in [1.165, 1.54) is 0 Å². The van der Waals surface area contributed by atoms with Crippen molar-refractivity contribution in [2.75, 3.05) is 6.61 Å². The van der Waals surface area contributed by atoms with Gasteiger partial charge in [-0.05, 0) is 24.6 Å². The number of aromatic nitrogens is 3. The Kier molecular flexibility index (Phi) is 7.75. The van der Waals surface area contributed by atoms with E-state index in [1.54, 1.807) is 49.4 Å². The van der Waals surface area contributed by atoms with Gasteiger partial charge in [-0.2, -0.15) is 4.31 Å². The van der Waals surface area contributed by atoms with Gasteiger partial charge in [-0.25, -0.2) is 13.9 Å². The number of ether oxygens (including phenoxy) is 1. The maximum atomic E-state index is 13.3. The van der Waals surface area contributed by atoms with Crippen LogP contribution < -0.4 is 15.8 Å². The van der Waals surface area contributed by atoms with Gasteiger partial charge in [0.25, 0.3) is 5.56 Å². The van der Waals surface area contributed by atoms with Crippen molar-refractivity contribution in [1.82, 2.24) is 14.3 Å². The summed E-state index contributed by atoms with van der Waals surface area (Å²) in [5.74, 6) is 0.182. The van der Waals surface area contributed by atoms with Crippen molar-refractivity contribution < 1.29 is 51.4 Å². The van der Waals surface area contributed by atoms with Crippen LogP contribution in [-0.4, -0.2) is 54.3 Å². The van der Waals surface area contributed by atoms with Crippen molar-refractivity contribution in [1.29, 1.82) is 0 Å². The zero-order valence-corrected chi connectivity index (χ0v) is 24.1. The number of benzene rings is 2. The van der Waals surface area contributed by atoms with Gasteiger partial charge in [0.15, 0.2) is 11.8 Å². The molecule has 0 amide bonds. The van der Waals surface area contributed by atoms with Crippen LogP contribution in [0.25, 0.3) is 11.0 Å². The molecule has 6 atom stereocenters. The molecular weight excluding hydrogens is 612 g/mol. The maximum absolute atomic E-state index is 13.3. The highest BCUT2D eigenvalue weighted by molar-refractivity contribution is 7.62. The molecule has 43 heavy (non-hydrogen) atoms. The number of phosphoric ester groups is 2. The monoisotopic (exact) mass is 637 g/mol. The number of nitrogens with zero attached hydrogens (tertiary/aromatic N) is 3. The van der Waals surface area contributed by atoms with E-state index in [0.717, 1.165) is 21.4 Å². The fourth-order valence-electron chi connectivity index (χ4n) is 4.77. The van der Waals surface area contributed by atoms with Gasteiger partial charge in [0.05, 0.1) is 19.8 Å². The van der Waals surface area contributed by atoms with Crippen LogP contribution in [0.3, 0.4) is 0 Å². The quantitative estimate of drug-likeness (QED) is 0.236. The molecule has 2 aliphatic heterocycles. The Bertz CT molecular complexity index is 1900. The third kappa shape index (κ3) is 5.77. The van der Waals surface area contributed by atoms with E-state index in [0.29, 0.717) is 27.8 Å². The largest absolute Gasteiger partial charge is 0.539 e. The van der Waals surface area contributed by atoms with Crippen molar-refractivity contribution in [3.63, 3.8) is 0 Å². The molecule has 16 nitrogen and oxygen atoms in total. The van der Waals surface area contributed by atoms with Crippen LogP contribution >= 0.6 is 15.6 Å². The van der Waals surface area contributed by atoms with Gasteiger partial charge in [-0.1, -0.05) is 35.5 Å². The van der Waals surface area contributed by atoms with Gasteiger partial charge in [0, 0.05) is 23.2 Å². The zero-order valence-electron chi connectivity index (χ0n) is 22.3. The van der Waals surface area contributed by atoms with Crippen LogP contribution in [-0.2, 0) is 40.4 Å². The molecule has 18 heteroatoms. The van der Waals surface area contributed by atoms with Crippen LogP contribution in [0.4, 0.5) is 0 Å². The van der Waals surface area contributed by atoms with E-state index < -0.39 is 58.0 Å². The summed E-state index contributed by atoms with van der Waals surface area (Å²) in [6.45, 7) is 0.373. The van der Waals surface area contributed by atoms with Crippen LogP contribution in [0.1, 0.15) is 23.0 Å². The molecule has 0 spiro atoms. The Labute approximate surface area is 241 Å². The molecule has 2 aromatic carbocycles. The first-order chi connectivity index (χ1) is 20.4. The highest BCUT2D eigenvalue weighted by Gasteiger charge is 2.47. The topological polar surface area (TPSA) is 211 Å². The minimum Gasteiger partial charge on any atom is -0.403 e. The Hall–Kier alpha value is -3.43. The first-order valence-corrected chi connectivity index (χ1v) is 15.8. The fourth-order valence-corrected chi connectivity index (χ4v) is 7.46. The molecule has 1 saturated heterocycles. The molecule has 4 heterocycles. The van der Waals surface area contributed by atoms with Gasteiger partial charge in [0.2, 0.25) is 0 Å². The number of aliphatic hydroxyl groups is 2. The van der Waals surface area contributed by atoms with Crippen LogP contribution in [0, 0.1) is 6.92 Å². The number of fused-ring (bicyclic) bond motifs is 2. The zero-order chi connectivity index (χ0) is 30.5. The van der Waals surface area contributed by atoms with Gasteiger partial charge in [-0.3, -0.25) is 23.0 Å². The van der Waals surface area contributed by atoms with E-state index >= 15 is 0 Å².